The average molecular weight is 290 g/mol. The molecule has 2 N–H and O–H groups in total. The number of hydrogen-bond acceptors (Lipinski definition) is 4. The van der Waals surface area contributed by atoms with Crippen LogP contribution in [0.1, 0.15) is 5.69 Å². The molecule has 0 atom stereocenters. The number of halogens is 1. The Hall–Kier alpha value is -2.06. The Bertz CT molecular complexity index is 572. The Morgan fingerprint density at radius 1 is 1.24 bits per heavy atom. The monoisotopic (exact) mass is 289 g/mol. The zero-order valence-electron chi connectivity index (χ0n) is 8.72. The summed E-state index contributed by atoms with van der Waals surface area (Å²) in [5.41, 5.74) is 6.61. The molecule has 4 nitrogen and oxygen atoms in total. The minimum absolute atomic E-state index is 0.311. The predicted molar refractivity (Wildman–Crippen MR) is 67.6 cm³/mol. The third-order valence-electron chi connectivity index (χ3n) is 1.98. The normalized spacial score (nSPS) is 9.65. The molecular formula is C12H8BrN3O. The summed E-state index contributed by atoms with van der Waals surface area (Å²) in [6.45, 7) is 0. The van der Waals surface area contributed by atoms with Gasteiger partial charge >= 0.3 is 0 Å². The molecule has 0 spiro atoms. The van der Waals surface area contributed by atoms with Crippen molar-refractivity contribution < 1.29 is 4.74 Å². The van der Waals surface area contributed by atoms with Gasteiger partial charge in [-0.25, -0.2) is 4.98 Å². The van der Waals surface area contributed by atoms with E-state index in [1.54, 1.807) is 30.3 Å². The molecule has 0 aliphatic heterocycles. The third kappa shape index (κ3) is 2.95. The van der Waals surface area contributed by atoms with E-state index in [1.807, 2.05) is 6.07 Å². The average Bonchev–Trinajstić information content (AvgIpc) is 2.28. The van der Waals surface area contributed by atoms with Gasteiger partial charge in [-0.3, -0.25) is 0 Å². The van der Waals surface area contributed by atoms with Gasteiger partial charge in [0.05, 0.1) is 0 Å². The standard InChI is InChI=1S/C12H8BrN3O/c13-8-3-9(15)5-12(4-8)17-11-1-2-16-10(6-11)7-14/h1-6H,15H2. The number of nitrogens with zero attached hydrogens (tertiary/aromatic N) is 2. The first-order chi connectivity index (χ1) is 8.17. The maximum Gasteiger partial charge on any atom is 0.144 e. The van der Waals surface area contributed by atoms with Gasteiger partial charge in [0, 0.05) is 28.5 Å². The van der Waals surface area contributed by atoms with Crippen LogP contribution >= 0.6 is 15.9 Å². The molecule has 17 heavy (non-hydrogen) atoms. The highest BCUT2D eigenvalue weighted by Crippen LogP contribution is 2.27. The Balaban J connectivity index is 2.28. The number of aromatic nitrogens is 1. The minimum Gasteiger partial charge on any atom is -0.457 e. The van der Waals surface area contributed by atoms with Gasteiger partial charge in [-0.05, 0) is 18.2 Å². The summed E-state index contributed by atoms with van der Waals surface area (Å²) >= 11 is 3.33. The van der Waals surface area contributed by atoms with E-state index < -0.39 is 0 Å². The summed E-state index contributed by atoms with van der Waals surface area (Å²) in [6.07, 6.45) is 1.52. The lowest BCUT2D eigenvalue weighted by Gasteiger charge is -2.06. The first-order valence-corrected chi connectivity index (χ1v) is 5.57. The van der Waals surface area contributed by atoms with Crippen LogP contribution in [0, 0.1) is 11.3 Å². The zero-order chi connectivity index (χ0) is 12.3. The van der Waals surface area contributed by atoms with E-state index in [1.165, 1.54) is 6.20 Å². The molecule has 0 aliphatic rings. The molecule has 2 rings (SSSR count). The number of ether oxygens (including phenoxy) is 1. The van der Waals surface area contributed by atoms with Crippen LogP contribution in [0.25, 0.3) is 0 Å². The van der Waals surface area contributed by atoms with E-state index in [2.05, 4.69) is 20.9 Å². The summed E-state index contributed by atoms with van der Waals surface area (Å²) < 4.78 is 6.42. The Morgan fingerprint density at radius 2 is 2.06 bits per heavy atom. The number of nitrogen functional groups attached to an aromatic ring is 1. The number of anilines is 1. The van der Waals surface area contributed by atoms with Gasteiger partial charge in [0.15, 0.2) is 0 Å². The molecule has 0 unspecified atom stereocenters. The van der Waals surface area contributed by atoms with Gasteiger partial charge in [-0.1, -0.05) is 15.9 Å². The van der Waals surface area contributed by atoms with Crippen LogP contribution in [0.5, 0.6) is 11.5 Å². The van der Waals surface area contributed by atoms with Crippen molar-refractivity contribution in [3.05, 3.63) is 46.7 Å². The van der Waals surface area contributed by atoms with Crippen LogP contribution in [0.4, 0.5) is 5.69 Å². The van der Waals surface area contributed by atoms with Crippen molar-refractivity contribution in [1.82, 2.24) is 4.98 Å². The smallest absolute Gasteiger partial charge is 0.144 e. The van der Waals surface area contributed by atoms with Gasteiger partial charge in [0.25, 0.3) is 0 Å². The Morgan fingerprint density at radius 3 is 2.76 bits per heavy atom. The van der Waals surface area contributed by atoms with Crippen LogP contribution in [0.3, 0.4) is 0 Å². The topological polar surface area (TPSA) is 71.9 Å². The van der Waals surface area contributed by atoms with Crippen molar-refractivity contribution in [3.8, 4) is 17.6 Å². The third-order valence-corrected chi connectivity index (χ3v) is 2.43. The SMILES string of the molecule is N#Cc1cc(Oc2cc(N)cc(Br)c2)ccn1. The molecule has 0 aliphatic carbocycles. The maximum atomic E-state index is 8.72. The molecule has 1 aromatic carbocycles. The van der Waals surface area contributed by atoms with Gasteiger partial charge in [-0.15, -0.1) is 0 Å². The molecule has 0 fully saturated rings. The summed E-state index contributed by atoms with van der Waals surface area (Å²) in [7, 11) is 0. The van der Waals surface area contributed by atoms with Crippen LogP contribution < -0.4 is 10.5 Å². The second-order valence-electron chi connectivity index (χ2n) is 3.31. The van der Waals surface area contributed by atoms with Crippen molar-refractivity contribution in [2.75, 3.05) is 5.73 Å². The summed E-state index contributed by atoms with van der Waals surface area (Å²) in [6, 6.07) is 10.5. The Labute approximate surface area is 107 Å². The van der Waals surface area contributed by atoms with Crippen LogP contribution in [-0.2, 0) is 0 Å². The number of benzene rings is 1. The zero-order valence-corrected chi connectivity index (χ0v) is 10.3. The van der Waals surface area contributed by atoms with E-state index in [9.17, 15) is 0 Å². The largest absolute Gasteiger partial charge is 0.457 e. The summed E-state index contributed by atoms with van der Waals surface area (Å²) in [5.74, 6) is 1.15. The van der Waals surface area contributed by atoms with E-state index >= 15 is 0 Å². The molecule has 0 radical (unpaired) electrons. The van der Waals surface area contributed by atoms with E-state index in [0.717, 1.165) is 4.47 Å². The molecule has 5 heteroatoms. The molecule has 0 saturated carbocycles. The first-order valence-electron chi connectivity index (χ1n) is 4.77. The van der Waals surface area contributed by atoms with Crippen molar-refractivity contribution in [2.24, 2.45) is 0 Å². The van der Waals surface area contributed by atoms with Gasteiger partial charge in [0.2, 0.25) is 0 Å². The fourth-order valence-electron chi connectivity index (χ4n) is 1.32. The van der Waals surface area contributed by atoms with Crippen molar-refractivity contribution in [1.29, 1.82) is 5.26 Å². The number of rotatable bonds is 2. The highest BCUT2D eigenvalue weighted by atomic mass is 79.9. The highest BCUT2D eigenvalue weighted by molar-refractivity contribution is 9.10. The maximum absolute atomic E-state index is 8.72. The fourth-order valence-corrected chi connectivity index (χ4v) is 1.81. The molecule has 2 aromatic rings. The lowest BCUT2D eigenvalue weighted by atomic mass is 10.3. The molecule has 1 heterocycles. The van der Waals surface area contributed by atoms with Crippen LogP contribution in [0.15, 0.2) is 41.0 Å². The Kier molecular flexibility index (Phi) is 3.26. The summed E-state index contributed by atoms with van der Waals surface area (Å²) in [4.78, 5) is 3.86. The van der Waals surface area contributed by atoms with E-state index in [4.69, 9.17) is 15.7 Å². The number of hydrogen-bond donors (Lipinski definition) is 1. The number of nitriles is 1. The van der Waals surface area contributed by atoms with E-state index in [0.29, 0.717) is 22.9 Å². The molecule has 0 amide bonds. The van der Waals surface area contributed by atoms with E-state index in [-0.39, 0.29) is 0 Å². The predicted octanol–water partition coefficient (Wildman–Crippen LogP) is 3.09. The fraction of sp³-hybridized carbons (Fsp3) is 0. The molecule has 84 valence electrons. The lowest BCUT2D eigenvalue weighted by Crippen LogP contribution is -1.90. The van der Waals surface area contributed by atoms with Gasteiger partial charge in [-0.2, -0.15) is 5.26 Å². The highest BCUT2D eigenvalue weighted by Gasteiger charge is 2.01. The minimum atomic E-state index is 0.311. The second kappa shape index (κ2) is 4.85. The van der Waals surface area contributed by atoms with Gasteiger partial charge in [0.1, 0.15) is 23.3 Å². The quantitative estimate of drug-likeness (QED) is 0.863. The van der Waals surface area contributed by atoms with Crippen LogP contribution in [0.2, 0.25) is 0 Å². The molecular weight excluding hydrogens is 282 g/mol. The number of nitrogens with two attached hydrogens (primary N) is 1. The molecule has 1 aromatic heterocycles. The van der Waals surface area contributed by atoms with Crippen LogP contribution in [-0.4, -0.2) is 4.98 Å². The molecule has 0 saturated heterocycles. The van der Waals surface area contributed by atoms with Crippen molar-refractivity contribution >= 4 is 21.6 Å². The lowest BCUT2D eigenvalue weighted by molar-refractivity contribution is 0.481. The van der Waals surface area contributed by atoms with Crippen molar-refractivity contribution in [3.63, 3.8) is 0 Å². The summed E-state index contributed by atoms with van der Waals surface area (Å²) in [5, 5.41) is 8.72. The van der Waals surface area contributed by atoms with Crippen molar-refractivity contribution in [2.45, 2.75) is 0 Å². The first kappa shape index (κ1) is 11.4. The molecule has 0 bridgehead atoms. The number of pyridine rings is 1. The van der Waals surface area contributed by atoms with Gasteiger partial charge < -0.3 is 10.5 Å². The second-order valence-corrected chi connectivity index (χ2v) is 4.23.